The summed E-state index contributed by atoms with van der Waals surface area (Å²) in [6.45, 7) is 3.23. The third kappa shape index (κ3) is 1.71. The Morgan fingerprint density at radius 3 is 3.07 bits per heavy atom. The molecule has 0 spiro atoms. The Kier molecular flexibility index (Phi) is 3.15. The topological polar surface area (TPSA) is 12.0 Å². The summed E-state index contributed by atoms with van der Waals surface area (Å²) in [5.74, 6) is 0. The molecule has 0 bridgehead atoms. The van der Waals surface area contributed by atoms with Crippen LogP contribution in [-0.2, 0) is 6.42 Å². The Hall–Kier alpha value is -0.0500. The lowest BCUT2D eigenvalue weighted by atomic mass is 9.93. The lowest BCUT2D eigenvalue weighted by molar-refractivity contribution is 0.492. The van der Waals surface area contributed by atoms with Crippen LogP contribution in [0.25, 0.3) is 0 Å². The summed E-state index contributed by atoms with van der Waals surface area (Å²) in [7, 11) is 0. The largest absolute Gasteiger partial charge is 0.310 e. The zero-order valence-corrected chi connectivity index (χ0v) is 10.5. The summed E-state index contributed by atoms with van der Waals surface area (Å²) >= 11 is 9.81. The minimum atomic E-state index is 0.420. The van der Waals surface area contributed by atoms with Crippen LogP contribution in [0, 0.1) is 0 Å². The summed E-state index contributed by atoms with van der Waals surface area (Å²) in [6.07, 6.45) is 2.15. The van der Waals surface area contributed by atoms with E-state index in [0.29, 0.717) is 6.04 Å². The predicted molar refractivity (Wildman–Crippen MR) is 63.9 cm³/mol. The molecule has 0 radical (unpaired) electrons. The quantitative estimate of drug-likeness (QED) is 0.823. The highest BCUT2D eigenvalue weighted by atomic mass is 79.9. The summed E-state index contributed by atoms with van der Waals surface area (Å²) in [4.78, 5) is 0. The molecule has 1 aromatic rings. The number of halogens is 2. The van der Waals surface area contributed by atoms with Crippen molar-refractivity contribution in [3.05, 3.63) is 32.8 Å². The molecule has 1 aliphatic heterocycles. The molecule has 3 heteroatoms. The Bertz CT molecular complexity index is 351. The first-order valence-electron chi connectivity index (χ1n) is 4.94. The van der Waals surface area contributed by atoms with Crippen molar-refractivity contribution in [1.29, 1.82) is 0 Å². The van der Waals surface area contributed by atoms with E-state index in [4.69, 9.17) is 11.6 Å². The van der Waals surface area contributed by atoms with E-state index in [1.807, 2.05) is 12.1 Å². The van der Waals surface area contributed by atoms with Crippen molar-refractivity contribution >= 4 is 27.5 Å². The van der Waals surface area contributed by atoms with Crippen LogP contribution in [0.15, 0.2) is 16.6 Å². The van der Waals surface area contributed by atoms with Gasteiger partial charge in [-0.05, 0) is 42.6 Å². The summed E-state index contributed by atoms with van der Waals surface area (Å²) in [5, 5.41) is 4.38. The molecule has 0 amide bonds. The Labute approximate surface area is 98.0 Å². The van der Waals surface area contributed by atoms with E-state index in [9.17, 15) is 0 Å². The van der Waals surface area contributed by atoms with Gasteiger partial charge in [0.1, 0.15) is 0 Å². The second kappa shape index (κ2) is 4.21. The number of rotatable bonds is 1. The standard InChI is InChI=1S/C11H13BrClN/c1-2-10-11-7(5-6-14-10)8(12)3-4-9(11)13/h3-4,10,14H,2,5-6H2,1H3. The maximum atomic E-state index is 6.23. The van der Waals surface area contributed by atoms with Crippen molar-refractivity contribution in [2.75, 3.05) is 6.54 Å². The predicted octanol–water partition coefficient (Wildman–Crippen LogP) is 3.70. The van der Waals surface area contributed by atoms with Crippen LogP contribution in [0.2, 0.25) is 5.02 Å². The first-order valence-corrected chi connectivity index (χ1v) is 6.11. The lowest BCUT2D eigenvalue weighted by Gasteiger charge is -2.27. The summed E-state index contributed by atoms with van der Waals surface area (Å²) < 4.78 is 1.19. The molecule has 14 heavy (non-hydrogen) atoms. The van der Waals surface area contributed by atoms with Crippen molar-refractivity contribution in [1.82, 2.24) is 5.32 Å². The second-order valence-corrected chi connectivity index (χ2v) is 4.85. The molecule has 1 unspecified atom stereocenters. The Morgan fingerprint density at radius 2 is 2.36 bits per heavy atom. The van der Waals surface area contributed by atoms with E-state index in [1.54, 1.807) is 0 Å². The van der Waals surface area contributed by atoms with Crippen molar-refractivity contribution in [3.63, 3.8) is 0 Å². The molecule has 0 saturated carbocycles. The van der Waals surface area contributed by atoms with Gasteiger partial charge in [0.25, 0.3) is 0 Å². The average Bonchev–Trinajstić information content (AvgIpc) is 2.23. The van der Waals surface area contributed by atoms with Gasteiger partial charge in [0.05, 0.1) is 0 Å². The van der Waals surface area contributed by atoms with Gasteiger partial charge in [-0.15, -0.1) is 0 Å². The van der Waals surface area contributed by atoms with E-state index < -0.39 is 0 Å². The third-order valence-corrected chi connectivity index (χ3v) is 3.84. The van der Waals surface area contributed by atoms with E-state index in [1.165, 1.54) is 15.6 Å². The maximum absolute atomic E-state index is 6.23. The highest BCUT2D eigenvalue weighted by Crippen LogP contribution is 2.35. The molecule has 0 saturated heterocycles. The second-order valence-electron chi connectivity index (χ2n) is 3.59. The third-order valence-electron chi connectivity index (χ3n) is 2.77. The molecule has 2 rings (SSSR count). The van der Waals surface area contributed by atoms with Crippen molar-refractivity contribution in [2.24, 2.45) is 0 Å². The molecular weight excluding hydrogens is 261 g/mol. The number of nitrogens with one attached hydrogen (secondary N) is 1. The van der Waals surface area contributed by atoms with E-state index >= 15 is 0 Å². The SMILES string of the molecule is CCC1NCCc2c(Br)ccc(Cl)c21. The van der Waals surface area contributed by atoms with Crippen LogP contribution in [-0.4, -0.2) is 6.54 Å². The molecule has 1 nitrogen and oxygen atoms in total. The van der Waals surface area contributed by atoms with Crippen LogP contribution < -0.4 is 5.32 Å². The number of hydrogen-bond acceptors (Lipinski definition) is 1. The van der Waals surface area contributed by atoms with Gasteiger partial charge in [0, 0.05) is 15.5 Å². The maximum Gasteiger partial charge on any atom is 0.0457 e. The van der Waals surface area contributed by atoms with E-state index in [2.05, 4.69) is 28.2 Å². The van der Waals surface area contributed by atoms with Crippen molar-refractivity contribution in [3.8, 4) is 0 Å². The van der Waals surface area contributed by atoms with Gasteiger partial charge in [-0.1, -0.05) is 34.5 Å². The van der Waals surface area contributed by atoms with Crippen LogP contribution in [0.1, 0.15) is 30.5 Å². The summed E-state index contributed by atoms with van der Waals surface area (Å²) in [6, 6.07) is 4.43. The molecule has 1 heterocycles. The Morgan fingerprint density at radius 1 is 1.57 bits per heavy atom. The fourth-order valence-electron chi connectivity index (χ4n) is 2.06. The minimum Gasteiger partial charge on any atom is -0.310 e. The van der Waals surface area contributed by atoms with Gasteiger partial charge >= 0.3 is 0 Å². The first-order chi connectivity index (χ1) is 6.74. The smallest absolute Gasteiger partial charge is 0.0457 e. The van der Waals surface area contributed by atoms with Gasteiger partial charge < -0.3 is 5.32 Å². The average molecular weight is 275 g/mol. The zero-order valence-electron chi connectivity index (χ0n) is 8.11. The van der Waals surface area contributed by atoms with Gasteiger partial charge in [-0.25, -0.2) is 0 Å². The monoisotopic (exact) mass is 273 g/mol. The minimum absolute atomic E-state index is 0.420. The molecular formula is C11H13BrClN. The highest BCUT2D eigenvalue weighted by Gasteiger charge is 2.22. The van der Waals surface area contributed by atoms with Gasteiger partial charge in [0.2, 0.25) is 0 Å². The number of fused-ring (bicyclic) bond motifs is 1. The van der Waals surface area contributed by atoms with Gasteiger partial charge in [0.15, 0.2) is 0 Å². The van der Waals surface area contributed by atoms with Crippen LogP contribution in [0.4, 0.5) is 0 Å². The van der Waals surface area contributed by atoms with Gasteiger partial charge in [-0.3, -0.25) is 0 Å². The van der Waals surface area contributed by atoms with E-state index in [0.717, 1.165) is 24.4 Å². The van der Waals surface area contributed by atoms with Crippen molar-refractivity contribution in [2.45, 2.75) is 25.8 Å². The Balaban J connectivity index is 2.55. The molecule has 0 aliphatic carbocycles. The molecule has 1 aliphatic rings. The molecule has 76 valence electrons. The zero-order chi connectivity index (χ0) is 10.1. The van der Waals surface area contributed by atoms with Gasteiger partial charge in [-0.2, -0.15) is 0 Å². The fourth-order valence-corrected chi connectivity index (χ4v) is 2.92. The molecule has 0 fully saturated rings. The van der Waals surface area contributed by atoms with Crippen molar-refractivity contribution < 1.29 is 0 Å². The van der Waals surface area contributed by atoms with Crippen LogP contribution >= 0.6 is 27.5 Å². The molecule has 1 aromatic carbocycles. The lowest BCUT2D eigenvalue weighted by Crippen LogP contribution is -2.29. The van der Waals surface area contributed by atoms with E-state index in [-0.39, 0.29) is 0 Å². The number of hydrogen-bond donors (Lipinski definition) is 1. The molecule has 0 aromatic heterocycles. The van der Waals surface area contributed by atoms with Crippen LogP contribution in [0.5, 0.6) is 0 Å². The number of benzene rings is 1. The first kappa shape index (κ1) is 10.5. The normalized spacial score (nSPS) is 20.6. The molecule has 1 N–H and O–H groups in total. The summed E-state index contributed by atoms with van der Waals surface area (Å²) in [5.41, 5.74) is 2.66. The fraction of sp³-hybridized carbons (Fsp3) is 0.455. The van der Waals surface area contributed by atoms with Crippen LogP contribution in [0.3, 0.4) is 0 Å². The highest BCUT2D eigenvalue weighted by molar-refractivity contribution is 9.10. The molecule has 1 atom stereocenters.